The van der Waals surface area contributed by atoms with Crippen LogP contribution in [0.3, 0.4) is 0 Å². The first kappa shape index (κ1) is 8.74. The molecule has 70 valence electrons. The fourth-order valence-electron chi connectivity index (χ4n) is 2.29. The molecule has 0 aromatic heterocycles. The Morgan fingerprint density at radius 3 is 2.77 bits per heavy atom. The zero-order chi connectivity index (χ0) is 9.47. The van der Waals surface area contributed by atoms with Crippen molar-refractivity contribution in [2.24, 2.45) is 0 Å². The lowest BCUT2D eigenvalue weighted by molar-refractivity contribution is 0.421. The highest BCUT2D eigenvalue weighted by molar-refractivity contribution is 5.36. The molecule has 0 saturated heterocycles. The lowest BCUT2D eigenvalue weighted by Crippen LogP contribution is -2.24. The van der Waals surface area contributed by atoms with E-state index in [1.807, 2.05) is 6.07 Å². The van der Waals surface area contributed by atoms with Crippen molar-refractivity contribution in [1.82, 2.24) is 0 Å². The maximum atomic E-state index is 13.4. The minimum atomic E-state index is -0.0229. The second-order valence-electron chi connectivity index (χ2n) is 4.50. The lowest BCUT2D eigenvalue weighted by atomic mass is 9.73. The van der Waals surface area contributed by atoms with E-state index in [9.17, 15) is 4.39 Å². The van der Waals surface area contributed by atoms with Crippen LogP contribution in [0.4, 0.5) is 4.39 Å². The van der Waals surface area contributed by atoms with E-state index in [1.54, 1.807) is 6.07 Å². The second-order valence-corrected chi connectivity index (χ2v) is 4.50. The van der Waals surface area contributed by atoms with Crippen LogP contribution in [0.15, 0.2) is 18.2 Å². The summed E-state index contributed by atoms with van der Waals surface area (Å²) in [5, 5.41) is 0. The Hall–Kier alpha value is -0.850. The molecule has 0 radical (unpaired) electrons. The van der Waals surface area contributed by atoms with Crippen molar-refractivity contribution in [2.75, 3.05) is 0 Å². The van der Waals surface area contributed by atoms with Gasteiger partial charge in [0.05, 0.1) is 0 Å². The van der Waals surface area contributed by atoms with Gasteiger partial charge in [0.2, 0.25) is 0 Å². The summed E-state index contributed by atoms with van der Waals surface area (Å²) in [7, 11) is 0. The van der Waals surface area contributed by atoms with Gasteiger partial charge in [-0.2, -0.15) is 0 Å². The molecule has 2 rings (SSSR count). The van der Waals surface area contributed by atoms with Gasteiger partial charge < -0.3 is 0 Å². The third-order valence-electron chi connectivity index (χ3n) is 3.08. The number of rotatable bonds is 0. The Morgan fingerprint density at radius 2 is 2.08 bits per heavy atom. The second kappa shape index (κ2) is 2.83. The number of halogens is 1. The van der Waals surface area contributed by atoms with E-state index in [2.05, 4.69) is 19.9 Å². The summed E-state index contributed by atoms with van der Waals surface area (Å²) in [5.41, 5.74) is 2.31. The molecule has 0 unspecified atom stereocenters. The van der Waals surface area contributed by atoms with Crippen LogP contribution in [0.25, 0.3) is 0 Å². The summed E-state index contributed by atoms with van der Waals surface area (Å²) in [6, 6.07) is 5.46. The molecule has 0 nitrogen and oxygen atoms in total. The summed E-state index contributed by atoms with van der Waals surface area (Å²) >= 11 is 0. The highest BCUT2D eigenvalue weighted by Gasteiger charge is 2.28. The molecule has 0 saturated carbocycles. The molecular formula is C12H15F. The molecule has 1 aromatic carbocycles. The molecule has 1 heteroatoms. The fraction of sp³-hybridized carbons (Fsp3) is 0.500. The van der Waals surface area contributed by atoms with Crippen LogP contribution in [0.5, 0.6) is 0 Å². The van der Waals surface area contributed by atoms with Crippen LogP contribution in [-0.2, 0) is 11.8 Å². The van der Waals surface area contributed by atoms with E-state index >= 15 is 0 Å². The largest absolute Gasteiger partial charge is 0.207 e. The van der Waals surface area contributed by atoms with Crippen molar-refractivity contribution >= 4 is 0 Å². The van der Waals surface area contributed by atoms with E-state index in [0.29, 0.717) is 0 Å². The molecule has 0 aliphatic heterocycles. The smallest absolute Gasteiger partial charge is 0.126 e. The van der Waals surface area contributed by atoms with Gasteiger partial charge in [-0.1, -0.05) is 26.0 Å². The van der Waals surface area contributed by atoms with E-state index in [1.165, 1.54) is 12.0 Å². The molecular weight excluding hydrogens is 163 g/mol. The number of benzene rings is 1. The van der Waals surface area contributed by atoms with Gasteiger partial charge in [0.25, 0.3) is 0 Å². The third kappa shape index (κ3) is 1.37. The van der Waals surface area contributed by atoms with Gasteiger partial charge >= 0.3 is 0 Å². The van der Waals surface area contributed by atoms with Gasteiger partial charge in [-0.15, -0.1) is 0 Å². The van der Waals surface area contributed by atoms with Crippen molar-refractivity contribution in [3.05, 3.63) is 35.1 Å². The van der Waals surface area contributed by atoms with Crippen molar-refractivity contribution < 1.29 is 4.39 Å². The quantitative estimate of drug-likeness (QED) is 0.571. The Labute approximate surface area is 78.8 Å². The standard InChI is InChI=1S/C12H15F/c1-12(2)8-4-5-9-10(12)6-3-7-11(9)13/h3,6-7H,4-5,8H2,1-2H3. The average molecular weight is 178 g/mol. The summed E-state index contributed by atoms with van der Waals surface area (Å²) in [6.45, 7) is 4.40. The first-order valence-corrected chi connectivity index (χ1v) is 4.89. The zero-order valence-electron chi connectivity index (χ0n) is 8.23. The van der Waals surface area contributed by atoms with Crippen molar-refractivity contribution in [3.63, 3.8) is 0 Å². The van der Waals surface area contributed by atoms with E-state index in [-0.39, 0.29) is 11.2 Å². The first-order chi connectivity index (χ1) is 6.11. The average Bonchev–Trinajstić information content (AvgIpc) is 2.06. The topological polar surface area (TPSA) is 0 Å². The van der Waals surface area contributed by atoms with E-state index < -0.39 is 0 Å². The highest BCUT2D eigenvalue weighted by atomic mass is 19.1. The molecule has 1 aliphatic rings. The molecule has 0 spiro atoms. The minimum absolute atomic E-state index is 0.0229. The Morgan fingerprint density at radius 1 is 1.31 bits per heavy atom. The van der Waals surface area contributed by atoms with Gasteiger partial charge in [-0.3, -0.25) is 0 Å². The maximum Gasteiger partial charge on any atom is 0.126 e. The van der Waals surface area contributed by atoms with E-state index in [4.69, 9.17) is 0 Å². The molecule has 0 heterocycles. The molecule has 0 fully saturated rings. The third-order valence-corrected chi connectivity index (χ3v) is 3.08. The molecule has 0 N–H and O–H groups in total. The van der Waals surface area contributed by atoms with Crippen LogP contribution in [0, 0.1) is 5.82 Å². The van der Waals surface area contributed by atoms with Crippen molar-refractivity contribution in [2.45, 2.75) is 38.5 Å². The SMILES string of the molecule is CC1(C)CCCc2c(F)cccc21. The Kier molecular flexibility index (Phi) is 1.90. The zero-order valence-corrected chi connectivity index (χ0v) is 8.23. The summed E-state index contributed by atoms with van der Waals surface area (Å²) in [6.07, 6.45) is 3.19. The van der Waals surface area contributed by atoms with E-state index in [0.717, 1.165) is 18.4 Å². The Bertz CT molecular complexity index is 326. The van der Waals surface area contributed by atoms with Crippen LogP contribution in [0.2, 0.25) is 0 Å². The van der Waals surface area contributed by atoms with Crippen LogP contribution in [-0.4, -0.2) is 0 Å². The van der Waals surface area contributed by atoms with Crippen LogP contribution < -0.4 is 0 Å². The van der Waals surface area contributed by atoms with Gasteiger partial charge in [-0.25, -0.2) is 4.39 Å². The number of fused-ring (bicyclic) bond motifs is 1. The van der Waals surface area contributed by atoms with Crippen LogP contribution >= 0.6 is 0 Å². The summed E-state index contributed by atoms with van der Waals surface area (Å²) in [5.74, 6) is -0.0229. The van der Waals surface area contributed by atoms with Crippen molar-refractivity contribution in [1.29, 1.82) is 0 Å². The van der Waals surface area contributed by atoms with Crippen LogP contribution in [0.1, 0.15) is 37.8 Å². The summed E-state index contributed by atoms with van der Waals surface area (Å²) in [4.78, 5) is 0. The predicted octanol–water partition coefficient (Wildman–Crippen LogP) is 3.44. The number of hydrogen-bond donors (Lipinski definition) is 0. The number of hydrogen-bond acceptors (Lipinski definition) is 0. The van der Waals surface area contributed by atoms with Crippen molar-refractivity contribution in [3.8, 4) is 0 Å². The van der Waals surface area contributed by atoms with Gasteiger partial charge in [0, 0.05) is 0 Å². The molecule has 0 atom stereocenters. The normalized spacial score (nSPS) is 19.6. The molecule has 0 amide bonds. The minimum Gasteiger partial charge on any atom is -0.207 e. The fourth-order valence-corrected chi connectivity index (χ4v) is 2.29. The van der Waals surface area contributed by atoms with Gasteiger partial charge in [0.1, 0.15) is 5.82 Å². The first-order valence-electron chi connectivity index (χ1n) is 4.89. The molecule has 1 aromatic rings. The highest BCUT2D eigenvalue weighted by Crippen LogP contribution is 2.37. The Balaban J connectivity index is 2.58. The lowest BCUT2D eigenvalue weighted by Gasteiger charge is -2.32. The molecule has 1 aliphatic carbocycles. The van der Waals surface area contributed by atoms with Gasteiger partial charge in [0.15, 0.2) is 0 Å². The molecule has 13 heavy (non-hydrogen) atoms. The summed E-state index contributed by atoms with van der Waals surface area (Å²) < 4.78 is 13.4. The van der Waals surface area contributed by atoms with Gasteiger partial charge in [-0.05, 0) is 41.9 Å². The molecule has 0 bridgehead atoms. The maximum absolute atomic E-state index is 13.4. The monoisotopic (exact) mass is 178 g/mol. The predicted molar refractivity (Wildman–Crippen MR) is 52.4 cm³/mol.